The van der Waals surface area contributed by atoms with Crippen LogP contribution in [0.25, 0.3) is 0 Å². The van der Waals surface area contributed by atoms with Crippen LogP contribution in [0, 0.1) is 0 Å². The Morgan fingerprint density at radius 2 is 2.00 bits per heavy atom. The SMILES string of the molecule is Cn1ncc(C(=O)Nc2ccc(Cl)c(C(=O)NC3CC3)c2)c1C(F)F. The van der Waals surface area contributed by atoms with Gasteiger partial charge in [0, 0.05) is 18.8 Å². The van der Waals surface area contributed by atoms with Crippen molar-refractivity contribution in [3.8, 4) is 0 Å². The van der Waals surface area contributed by atoms with Gasteiger partial charge in [-0.15, -0.1) is 0 Å². The summed E-state index contributed by atoms with van der Waals surface area (Å²) >= 11 is 6.03. The average molecular weight is 369 g/mol. The molecular formula is C16H15ClF2N4O2. The van der Waals surface area contributed by atoms with Crippen molar-refractivity contribution in [1.29, 1.82) is 0 Å². The highest BCUT2D eigenvalue weighted by molar-refractivity contribution is 6.34. The minimum absolute atomic E-state index is 0.158. The minimum Gasteiger partial charge on any atom is -0.349 e. The second-order valence-corrected chi connectivity index (χ2v) is 6.17. The summed E-state index contributed by atoms with van der Waals surface area (Å²) in [6.07, 6.45) is 0.0975. The molecule has 3 rings (SSSR count). The summed E-state index contributed by atoms with van der Waals surface area (Å²) in [5.74, 6) is -1.07. The van der Waals surface area contributed by atoms with Crippen molar-refractivity contribution in [3.63, 3.8) is 0 Å². The first-order valence-corrected chi connectivity index (χ1v) is 7.96. The zero-order valence-electron chi connectivity index (χ0n) is 13.2. The number of hydrogen-bond acceptors (Lipinski definition) is 3. The number of halogens is 3. The summed E-state index contributed by atoms with van der Waals surface area (Å²) in [4.78, 5) is 24.4. The maximum atomic E-state index is 13.1. The van der Waals surface area contributed by atoms with Crippen LogP contribution in [-0.4, -0.2) is 27.6 Å². The lowest BCUT2D eigenvalue weighted by molar-refractivity contribution is 0.0949. The molecule has 0 aliphatic heterocycles. The van der Waals surface area contributed by atoms with Crippen molar-refractivity contribution in [2.45, 2.75) is 25.3 Å². The molecule has 1 saturated carbocycles. The summed E-state index contributed by atoms with van der Waals surface area (Å²) in [6.45, 7) is 0. The minimum atomic E-state index is -2.83. The fraction of sp³-hybridized carbons (Fsp3) is 0.312. The van der Waals surface area contributed by atoms with E-state index >= 15 is 0 Å². The molecule has 0 spiro atoms. The van der Waals surface area contributed by atoms with E-state index in [2.05, 4.69) is 15.7 Å². The van der Waals surface area contributed by atoms with Gasteiger partial charge < -0.3 is 10.6 Å². The van der Waals surface area contributed by atoms with Crippen molar-refractivity contribution in [3.05, 3.63) is 46.2 Å². The second-order valence-electron chi connectivity index (χ2n) is 5.76. The van der Waals surface area contributed by atoms with Gasteiger partial charge in [0.2, 0.25) is 0 Å². The maximum absolute atomic E-state index is 13.1. The van der Waals surface area contributed by atoms with E-state index in [1.807, 2.05) is 0 Å². The molecule has 0 unspecified atom stereocenters. The van der Waals surface area contributed by atoms with E-state index in [-0.39, 0.29) is 33.8 Å². The number of aryl methyl sites for hydroxylation is 1. The number of aromatic nitrogens is 2. The first kappa shape index (κ1) is 17.3. The van der Waals surface area contributed by atoms with Gasteiger partial charge in [0.15, 0.2) is 0 Å². The number of carbonyl (C=O) groups is 2. The first-order chi connectivity index (χ1) is 11.9. The van der Waals surface area contributed by atoms with Gasteiger partial charge in [-0.2, -0.15) is 5.10 Å². The Balaban J connectivity index is 1.81. The third-order valence-corrected chi connectivity index (χ3v) is 4.15. The Morgan fingerprint density at radius 1 is 1.28 bits per heavy atom. The lowest BCUT2D eigenvalue weighted by atomic mass is 10.1. The largest absolute Gasteiger partial charge is 0.349 e. The number of nitrogens with zero attached hydrogens (tertiary/aromatic N) is 2. The normalized spacial score (nSPS) is 13.8. The van der Waals surface area contributed by atoms with Crippen LogP contribution < -0.4 is 10.6 Å². The number of alkyl halides is 2. The molecule has 25 heavy (non-hydrogen) atoms. The molecule has 0 radical (unpaired) electrons. The Labute approximate surface area is 147 Å². The molecule has 2 amide bonds. The molecule has 1 aliphatic carbocycles. The number of rotatable bonds is 5. The van der Waals surface area contributed by atoms with E-state index in [9.17, 15) is 18.4 Å². The predicted molar refractivity (Wildman–Crippen MR) is 88.1 cm³/mol. The van der Waals surface area contributed by atoms with Gasteiger partial charge in [-0.3, -0.25) is 14.3 Å². The predicted octanol–water partition coefficient (Wildman–Crippen LogP) is 3.16. The third-order valence-electron chi connectivity index (χ3n) is 3.82. The Kier molecular flexibility index (Phi) is 4.71. The third kappa shape index (κ3) is 3.79. The molecule has 0 bridgehead atoms. The Morgan fingerprint density at radius 3 is 2.64 bits per heavy atom. The van der Waals surface area contributed by atoms with Gasteiger partial charge >= 0.3 is 0 Å². The highest BCUT2D eigenvalue weighted by Crippen LogP contribution is 2.26. The molecule has 1 fully saturated rings. The Bertz CT molecular complexity index is 834. The monoisotopic (exact) mass is 368 g/mol. The fourth-order valence-corrected chi connectivity index (χ4v) is 2.55. The first-order valence-electron chi connectivity index (χ1n) is 7.58. The van der Waals surface area contributed by atoms with E-state index in [1.165, 1.54) is 25.2 Å². The smallest absolute Gasteiger partial charge is 0.280 e. The van der Waals surface area contributed by atoms with Crippen LogP contribution in [0.5, 0.6) is 0 Å². The fourth-order valence-electron chi connectivity index (χ4n) is 2.35. The van der Waals surface area contributed by atoms with Crippen LogP contribution >= 0.6 is 11.6 Å². The van der Waals surface area contributed by atoms with Crippen LogP contribution in [0.1, 0.15) is 45.7 Å². The van der Waals surface area contributed by atoms with Gasteiger partial charge in [-0.25, -0.2) is 8.78 Å². The molecule has 0 atom stereocenters. The quantitative estimate of drug-likeness (QED) is 0.851. The highest BCUT2D eigenvalue weighted by atomic mass is 35.5. The van der Waals surface area contributed by atoms with E-state index in [1.54, 1.807) is 0 Å². The Hall–Kier alpha value is -2.48. The summed E-state index contributed by atoms with van der Waals surface area (Å²) in [5.41, 5.74) is -0.208. The van der Waals surface area contributed by atoms with Crippen LogP contribution in [0.15, 0.2) is 24.4 Å². The lowest BCUT2D eigenvalue weighted by Gasteiger charge is -2.10. The van der Waals surface area contributed by atoms with Crippen LogP contribution in [-0.2, 0) is 7.05 Å². The van der Waals surface area contributed by atoms with Gasteiger partial charge in [-0.05, 0) is 31.0 Å². The molecule has 0 saturated heterocycles. The highest BCUT2D eigenvalue weighted by Gasteiger charge is 2.26. The number of benzene rings is 1. The standard InChI is InChI=1S/C16H15ClF2N4O2/c1-23-13(14(18)19)11(7-20-23)16(25)22-9-4-5-12(17)10(6-9)15(24)21-8-2-3-8/h4-8,14H,2-3H2,1H3,(H,21,24)(H,22,25). The van der Waals surface area contributed by atoms with E-state index in [0.29, 0.717) is 0 Å². The molecule has 132 valence electrons. The number of hydrogen-bond donors (Lipinski definition) is 2. The number of nitrogens with one attached hydrogen (secondary N) is 2. The van der Waals surface area contributed by atoms with E-state index in [4.69, 9.17) is 11.6 Å². The number of carbonyl (C=O) groups excluding carboxylic acids is 2. The second kappa shape index (κ2) is 6.79. The van der Waals surface area contributed by atoms with E-state index in [0.717, 1.165) is 23.7 Å². The number of amides is 2. The molecule has 1 aromatic carbocycles. The summed E-state index contributed by atoms with van der Waals surface area (Å²) in [7, 11) is 1.33. The zero-order valence-corrected chi connectivity index (χ0v) is 14.0. The molecule has 1 aliphatic rings. The molecule has 2 N–H and O–H groups in total. The van der Waals surface area contributed by atoms with Gasteiger partial charge in [0.1, 0.15) is 5.69 Å². The van der Waals surface area contributed by atoms with Gasteiger partial charge in [0.25, 0.3) is 18.2 Å². The average Bonchev–Trinajstić information content (AvgIpc) is 3.27. The van der Waals surface area contributed by atoms with Crippen molar-refractivity contribution in [2.75, 3.05) is 5.32 Å². The van der Waals surface area contributed by atoms with Crippen LogP contribution in [0.3, 0.4) is 0 Å². The molecule has 6 nitrogen and oxygen atoms in total. The maximum Gasteiger partial charge on any atom is 0.280 e. The summed E-state index contributed by atoms with van der Waals surface area (Å²) in [5, 5.41) is 9.23. The topological polar surface area (TPSA) is 76.0 Å². The zero-order chi connectivity index (χ0) is 18.1. The van der Waals surface area contributed by atoms with Crippen LogP contribution in [0.4, 0.5) is 14.5 Å². The van der Waals surface area contributed by atoms with Gasteiger partial charge in [-0.1, -0.05) is 11.6 Å². The van der Waals surface area contributed by atoms with Crippen molar-refractivity contribution >= 4 is 29.1 Å². The molecule has 2 aromatic rings. The molecular weight excluding hydrogens is 354 g/mol. The van der Waals surface area contributed by atoms with Crippen molar-refractivity contribution in [2.24, 2.45) is 7.05 Å². The van der Waals surface area contributed by atoms with Crippen LogP contribution in [0.2, 0.25) is 5.02 Å². The lowest BCUT2D eigenvalue weighted by Crippen LogP contribution is -2.25. The summed E-state index contributed by atoms with van der Waals surface area (Å²) < 4.78 is 27.1. The molecule has 9 heteroatoms. The van der Waals surface area contributed by atoms with Crippen molar-refractivity contribution < 1.29 is 18.4 Å². The number of anilines is 1. The molecule has 1 aromatic heterocycles. The summed E-state index contributed by atoms with van der Waals surface area (Å²) in [6, 6.07) is 4.53. The van der Waals surface area contributed by atoms with E-state index < -0.39 is 18.0 Å². The molecule has 1 heterocycles. The van der Waals surface area contributed by atoms with Gasteiger partial charge in [0.05, 0.1) is 22.3 Å². The van der Waals surface area contributed by atoms with Crippen molar-refractivity contribution in [1.82, 2.24) is 15.1 Å².